The first kappa shape index (κ1) is 5.81. The third-order valence-electron chi connectivity index (χ3n) is 0.281. The van der Waals surface area contributed by atoms with Gasteiger partial charge in [0.2, 0.25) is 0 Å². The molecule has 0 saturated carbocycles. The summed E-state index contributed by atoms with van der Waals surface area (Å²) in [5.74, 6) is 3.03. The van der Waals surface area contributed by atoms with Crippen molar-refractivity contribution in [2.45, 2.75) is 11.1 Å². The topological polar surface area (TPSA) is 0 Å². The van der Waals surface area contributed by atoms with Gasteiger partial charge in [-0.1, -0.05) is 0 Å². The first-order chi connectivity index (χ1) is 2.41. The SMILES string of the molecule is C[Se]CCCl. The van der Waals surface area contributed by atoms with Crippen LogP contribution in [0.15, 0.2) is 0 Å². The van der Waals surface area contributed by atoms with Crippen molar-refractivity contribution in [3.63, 3.8) is 0 Å². The molecule has 0 unspecified atom stereocenters. The summed E-state index contributed by atoms with van der Waals surface area (Å²) in [7, 11) is 0. The molecule has 0 aliphatic rings. The van der Waals surface area contributed by atoms with Crippen molar-refractivity contribution < 1.29 is 0 Å². The number of hydrogen-bond acceptors (Lipinski definition) is 0. The van der Waals surface area contributed by atoms with Crippen molar-refractivity contribution in [1.82, 2.24) is 0 Å². The molecule has 0 radical (unpaired) electrons. The second kappa shape index (κ2) is 4.81. The Kier molecular flexibility index (Phi) is 5.59. The van der Waals surface area contributed by atoms with Crippen LogP contribution in [0.25, 0.3) is 0 Å². The van der Waals surface area contributed by atoms with Crippen LogP contribution in [0.5, 0.6) is 0 Å². The fourth-order valence-electron chi connectivity index (χ4n) is 0.0772. The zero-order valence-corrected chi connectivity index (χ0v) is 5.67. The molecule has 0 rings (SSSR count). The van der Waals surface area contributed by atoms with Crippen molar-refractivity contribution in [1.29, 1.82) is 0 Å². The quantitative estimate of drug-likeness (QED) is 0.420. The van der Waals surface area contributed by atoms with E-state index in [1.54, 1.807) is 0 Å². The summed E-state index contributed by atoms with van der Waals surface area (Å²) < 4.78 is 0. The summed E-state index contributed by atoms with van der Waals surface area (Å²) in [6.45, 7) is 0. The first-order valence-electron chi connectivity index (χ1n) is 1.46. The van der Waals surface area contributed by atoms with E-state index < -0.39 is 0 Å². The Morgan fingerprint density at radius 3 is 2.40 bits per heavy atom. The fourth-order valence-corrected chi connectivity index (χ4v) is 1.20. The summed E-state index contributed by atoms with van der Waals surface area (Å²) >= 11 is 6.11. The summed E-state index contributed by atoms with van der Waals surface area (Å²) in [5, 5.41) is 1.22. The van der Waals surface area contributed by atoms with Gasteiger partial charge in [0.1, 0.15) is 0 Å². The molecule has 0 spiro atoms. The molecule has 0 heterocycles. The molecule has 0 amide bonds. The molecular formula is C3H7ClSe. The van der Waals surface area contributed by atoms with Gasteiger partial charge in [-0.25, -0.2) is 0 Å². The van der Waals surface area contributed by atoms with E-state index in [9.17, 15) is 0 Å². The van der Waals surface area contributed by atoms with E-state index in [1.165, 1.54) is 5.32 Å². The summed E-state index contributed by atoms with van der Waals surface area (Å²) in [4.78, 5) is 0. The maximum absolute atomic E-state index is 5.32. The van der Waals surface area contributed by atoms with Crippen LogP contribution < -0.4 is 0 Å². The van der Waals surface area contributed by atoms with E-state index in [0.717, 1.165) is 20.8 Å². The normalized spacial score (nSPS) is 8.40. The van der Waals surface area contributed by atoms with Crippen LogP contribution >= 0.6 is 11.6 Å². The van der Waals surface area contributed by atoms with E-state index in [4.69, 9.17) is 11.6 Å². The van der Waals surface area contributed by atoms with Gasteiger partial charge in [0.05, 0.1) is 0 Å². The molecule has 5 heavy (non-hydrogen) atoms. The Labute approximate surface area is 44.1 Å². The minimum atomic E-state index is 0.793. The molecule has 0 bridgehead atoms. The van der Waals surface area contributed by atoms with Gasteiger partial charge in [-0.15, -0.1) is 0 Å². The molecule has 0 aromatic carbocycles. The zero-order valence-electron chi connectivity index (χ0n) is 3.20. The molecule has 0 aromatic rings. The fraction of sp³-hybridized carbons (Fsp3) is 1.00. The van der Waals surface area contributed by atoms with Crippen LogP contribution in [-0.4, -0.2) is 20.8 Å². The molecule has 32 valence electrons. The van der Waals surface area contributed by atoms with Gasteiger partial charge in [0.15, 0.2) is 0 Å². The van der Waals surface area contributed by atoms with Crippen molar-refractivity contribution in [3.8, 4) is 0 Å². The van der Waals surface area contributed by atoms with Gasteiger partial charge >= 0.3 is 43.6 Å². The van der Waals surface area contributed by atoms with E-state index >= 15 is 0 Å². The van der Waals surface area contributed by atoms with Gasteiger partial charge in [-0.3, -0.25) is 0 Å². The van der Waals surface area contributed by atoms with Gasteiger partial charge in [0, 0.05) is 0 Å². The Bertz CT molecular complexity index is 14.4. The molecule has 0 fully saturated rings. The number of halogens is 1. The maximum atomic E-state index is 5.32. The molecule has 0 nitrogen and oxygen atoms in total. The van der Waals surface area contributed by atoms with Crippen LogP contribution in [0.3, 0.4) is 0 Å². The Hall–Kier alpha value is 0.809. The predicted molar refractivity (Wildman–Crippen MR) is 27.1 cm³/mol. The Morgan fingerprint density at radius 2 is 2.40 bits per heavy atom. The number of alkyl halides is 1. The summed E-state index contributed by atoms with van der Waals surface area (Å²) in [6, 6.07) is 0. The van der Waals surface area contributed by atoms with E-state index in [-0.39, 0.29) is 0 Å². The molecule has 0 saturated heterocycles. The third kappa shape index (κ3) is 4.81. The van der Waals surface area contributed by atoms with Gasteiger partial charge in [-0.2, -0.15) is 0 Å². The third-order valence-corrected chi connectivity index (χ3v) is 2.26. The molecule has 0 atom stereocenters. The van der Waals surface area contributed by atoms with Gasteiger partial charge in [0.25, 0.3) is 0 Å². The molecule has 0 aliphatic heterocycles. The van der Waals surface area contributed by atoms with E-state index in [2.05, 4.69) is 5.82 Å². The van der Waals surface area contributed by atoms with Gasteiger partial charge in [-0.05, 0) is 0 Å². The average molecular weight is 158 g/mol. The van der Waals surface area contributed by atoms with E-state index in [0.29, 0.717) is 0 Å². The summed E-state index contributed by atoms with van der Waals surface area (Å²) in [6.07, 6.45) is 0. The van der Waals surface area contributed by atoms with Crippen LogP contribution in [0, 0.1) is 0 Å². The van der Waals surface area contributed by atoms with Crippen molar-refractivity contribution in [2.75, 3.05) is 5.88 Å². The van der Waals surface area contributed by atoms with Crippen molar-refractivity contribution in [2.24, 2.45) is 0 Å². The molecule has 2 heteroatoms. The first-order valence-corrected chi connectivity index (χ1v) is 4.92. The molecule has 0 aliphatic carbocycles. The molecular weight excluding hydrogens is 150 g/mol. The zero-order chi connectivity index (χ0) is 4.12. The molecule has 0 aromatic heterocycles. The minimum absolute atomic E-state index is 0.793. The van der Waals surface area contributed by atoms with Crippen LogP contribution in [0.1, 0.15) is 0 Å². The summed E-state index contributed by atoms with van der Waals surface area (Å²) in [5.41, 5.74) is 0. The van der Waals surface area contributed by atoms with Crippen molar-refractivity contribution >= 4 is 26.6 Å². The Morgan fingerprint density at radius 1 is 1.80 bits per heavy atom. The van der Waals surface area contributed by atoms with Crippen molar-refractivity contribution in [3.05, 3.63) is 0 Å². The monoisotopic (exact) mass is 158 g/mol. The standard InChI is InChI=1S/C3H7ClSe/c1-5-3-2-4/h2-3H2,1H3. The average Bonchev–Trinajstić information content (AvgIpc) is 1.41. The molecule has 0 N–H and O–H groups in total. The number of rotatable bonds is 2. The predicted octanol–water partition coefficient (Wildman–Crippen LogP) is 1.40. The second-order valence-corrected chi connectivity index (χ2v) is 3.13. The van der Waals surface area contributed by atoms with Crippen LogP contribution in [-0.2, 0) is 0 Å². The van der Waals surface area contributed by atoms with E-state index in [1.807, 2.05) is 0 Å². The van der Waals surface area contributed by atoms with Crippen LogP contribution in [0.4, 0.5) is 0 Å². The number of hydrogen-bond donors (Lipinski definition) is 0. The van der Waals surface area contributed by atoms with Crippen LogP contribution in [0.2, 0.25) is 11.1 Å². The van der Waals surface area contributed by atoms with Gasteiger partial charge < -0.3 is 0 Å². The second-order valence-electron chi connectivity index (χ2n) is 0.682. The Balaban J connectivity index is 2.19.